The lowest BCUT2D eigenvalue weighted by molar-refractivity contribution is 0.620. The fourth-order valence-electron chi connectivity index (χ4n) is 1.69. The first kappa shape index (κ1) is 12.1. The van der Waals surface area contributed by atoms with Gasteiger partial charge in [-0.2, -0.15) is 0 Å². The topological polar surface area (TPSA) is 0 Å². The lowest BCUT2D eigenvalue weighted by Gasteiger charge is -2.20. The van der Waals surface area contributed by atoms with Crippen molar-refractivity contribution < 1.29 is 0 Å². The second kappa shape index (κ2) is 5.77. The molecule has 2 heteroatoms. The Balaban J connectivity index is 2.84. The van der Waals surface area contributed by atoms with Gasteiger partial charge in [0.1, 0.15) is 0 Å². The number of hydrogen-bond donors (Lipinski definition) is 0. The lowest BCUT2D eigenvalue weighted by atomic mass is 9.92. The quantitative estimate of drug-likeness (QED) is 0.678. The molecule has 0 saturated carbocycles. The third-order valence-corrected chi connectivity index (χ3v) is 4.10. The van der Waals surface area contributed by atoms with Gasteiger partial charge in [-0.05, 0) is 36.5 Å². The molecule has 0 N–H and O–H groups in total. The first-order chi connectivity index (χ1) is 6.69. The molecule has 1 aromatic carbocycles. The van der Waals surface area contributed by atoms with Crippen LogP contribution < -0.4 is 0 Å². The van der Waals surface area contributed by atoms with Gasteiger partial charge in [-0.15, -0.1) is 0 Å². The molecule has 0 nitrogen and oxygen atoms in total. The summed E-state index contributed by atoms with van der Waals surface area (Å²) in [6.45, 7) is 4.43. The predicted octanol–water partition coefficient (Wildman–Crippen LogP) is 5.01. The Bertz CT molecular complexity index is 268. The highest BCUT2D eigenvalue weighted by Gasteiger charge is 2.16. The van der Waals surface area contributed by atoms with Gasteiger partial charge in [0.25, 0.3) is 0 Å². The van der Waals surface area contributed by atoms with Crippen molar-refractivity contribution in [3.63, 3.8) is 0 Å². The summed E-state index contributed by atoms with van der Waals surface area (Å²) in [6.07, 6.45) is 2.31. The van der Waals surface area contributed by atoms with Gasteiger partial charge in [-0.1, -0.05) is 53.5 Å². The predicted molar refractivity (Wildman–Crippen MR) is 67.5 cm³/mol. The fraction of sp³-hybridized carbons (Fsp3) is 0.500. The molecule has 0 aliphatic heterocycles. The Kier molecular flexibility index (Phi) is 4.97. The van der Waals surface area contributed by atoms with Gasteiger partial charge in [0, 0.05) is 9.85 Å². The van der Waals surface area contributed by atoms with Crippen LogP contribution in [-0.4, -0.2) is 4.83 Å². The summed E-state index contributed by atoms with van der Waals surface area (Å²) in [4.78, 5) is 0.564. The van der Waals surface area contributed by atoms with Crippen LogP contribution in [0.2, 0.25) is 5.02 Å². The van der Waals surface area contributed by atoms with E-state index >= 15 is 0 Å². The van der Waals surface area contributed by atoms with Gasteiger partial charge in [-0.3, -0.25) is 0 Å². The minimum absolute atomic E-state index is 0.564. The molecule has 0 amide bonds. The van der Waals surface area contributed by atoms with Crippen molar-refractivity contribution >= 4 is 27.5 Å². The molecular weight excluding hydrogens is 259 g/mol. The average molecular weight is 276 g/mol. The third kappa shape index (κ3) is 2.99. The molecule has 2 atom stereocenters. The first-order valence-corrected chi connectivity index (χ1v) is 6.37. The van der Waals surface area contributed by atoms with Crippen LogP contribution in [0.1, 0.15) is 38.2 Å². The van der Waals surface area contributed by atoms with Gasteiger partial charge < -0.3 is 0 Å². The average Bonchev–Trinajstić information content (AvgIpc) is 2.21. The van der Waals surface area contributed by atoms with Gasteiger partial charge in [0.05, 0.1) is 0 Å². The fourth-order valence-corrected chi connectivity index (χ4v) is 2.50. The SMILES string of the molecule is CCC(Br)C(CC)c1ccc(Cl)cc1. The van der Waals surface area contributed by atoms with Crippen LogP contribution in [0.5, 0.6) is 0 Å². The molecule has 78 valence electrons. The highest BCUT2D eigenvalue weighted by molar-refractivity contribution is 9.09. The highest BCUT2D eigenvalue weighted by Crippen LogP contribution is 2.30. The van der Waals surface area contributed by atoms with Gasteiger partial charge in [-0.25, -0.2) is 0 Å². The van der Waals surface area contributed by atoms with Crippen molar-refractivity contribution in [3.05, 3.63) is 34.9 Å². The Morgan fingerprint density at radius 3 is 2.14 bits per heavy atom. The molecule has 0 aliphatic rings. The van der Waals surface area contributed by atoms with Gasteiger partial charge in [0.15, 0.2) is 0 Å². The molecule has 2 unspecified atom stereocenters. The maximum atomic E-state index is 5.86. The van der Waals surface area contributed by atoms with Crippen LogP contribution in [0.3, 0.4) is 0 Å². The smallest absolute Gasteiger partial charge is 0.0406 e. The van der Waals surface area contributed by atoms with E-state index in [4.69, 9.17) is 11.6 Å². The molecule has 1 aromatic rings. The zero-order chi connectivity index (χ0) is 10.6. The zero-order valence-electron chi connectivity index (χ0n) is 8.63. The van der Waals surface area contributed by atoms with E-state index in [0.29, 0.717) is 10.7 Å². The second-order valence-electron chi connectivity index (χ2n) is 3.49. The molecule has 1 rings (SSSR count). The lowest BCUT2D eigenvalue weighted by Crippen LogP contribution is -2.10. The van der Waals surface area contributed by atoms with Crippen LogP contribution >= 0.6 is 27.5 Å². The van der Waals surface area contributed by atoms with Crippen molar-refractivity contribution in [3.8, 4) is 0 Å². The molecule has 0 heterocycles. The van der Waals surface area contributed by atoms with Crippen molar-refractivity contribution in [1.82, 2.24) is 0 Å². The minimum atomic E-state index is 0.564. The Labute approximate surface area is 99.8 Å². The van der Waals surface area contributed by atoms with E-state index in [1.807, 2.05) is 12.1 Å². The number of halogens is 2. The second-order valence-corrected chi connectivity index (χ2v) is 5.10. The van der Waals surface area contributed by atoms with E-state index in [1.54, 1.807) is 0 Å². The molecule has 0 saturated heterocycles. The first-order valence-electron chi connectivity index (χ1n) is 5.08. The highest BCUT2D eigenvalue weighted by atomic mass is 79.9. The Morgan fingerprint density at radius 1 is 1.14 bits per heavy atom. The zero-order valence-corrected chi connectivity index (χ0v) is 11.0. The normalized spacial score (nSPS) is 15.1. The minimum Gasteiger partial charge on any atom is -0.0884 e. The maximum Gasteiger partial charge on any atom is 0.0406 e. The van der Waals surface area contributed by atoms with Crippen LogP contribution in [0.15, 0.2) is 24.3 Å². The molecular formula is C12H16BrCl. The van der Waals surface area contributed by atoms with E-state index in [1.165, 1.54) is 5.56 Å². The molecule has 0 aliphatic carbocycles. The van der Waals surface area contributed by atoms with Crippen LogP contribution in [0.25, 0.3) is 0 Å². The van der Waals surface area contributed by atoms with E-state index < -0.39 is 0 Å². The molecule has 14 heavy (non-hydrogen) atoms. The number of benzene rings is 1. The molecule has 0 radical (unpaired) electrons. The molecule has 0 aromatic heterocycles. The van der Waals surface area contributed by atoms with E-state index in [2.05, 4.69) is 41.9 Å². The Morgan fingerprint density at radius 2 is 1.71 bits per heavy atom. The summed E-state index contributed by atoms with van der Waals surface area (Å²) < 4.78 is 0. The number of rotatable bonds is 4. The molecule has 0 bridgehead atoms. The van der Waals surface area contributed by atoms with Crippen LogP contribution in [0, 0.1) is 0 Å². The monoisotopic (exact) mass is 274 g/mol. The van der Waals surface area contributed by atoms with Gasteiger partial charge in [0.2, 0.25) is 0 Å². The Hall–Kier alpha value is -0.0100. The van der Waals surface area contributed by atoms with E-state index in [0.717, 1.165) is 17.9 Å². The van der Waals surface area contributed by atoms with Crippen molar-refractivity contribution in [2.75, 3.05) is 0 Å². The summed E-state index contributed by atoms with van der Waals surface area (Å²) in [5.74, 6) is 0.595. The van der Waals surface area contributed by atoms with Crippen LogP contribution in [-0.2, 0) is 0 Å². The van der Waals surface area contributed by atoms with Crippen LogP contribution in [0.4, 0.5) is 0 Å². The summed E-state index contributed by atoms with van der Waals surface area (Å²) in [7, 11) is 0. The molecule has 0 spiro atoms. The number of hydrogen-bond acceptors (Lipinski definition) is 0. The summed E-state index contributed by atoms with van der Waals surface area (Å²) in [5.41, 5.74) is 1.38. The summed E-state index contributed by atoms with van der Waals surface area (Å²) in [5, 5.41) is 0.811. The van der Waals surface area contributed by atoms with Crippen molar-refractivity contribution in [2.24, 2.45) is 0 Å². The number of alkyl halides is 1. The largest absolute Gasteiger partial charge is 0.0884 e. The summed E-state index contributed by atoms with van der Waals surface area (Å²) >= 11 is 9.59. The summed E-state index contributed by atoms with van der Waals surface area (Å²) in [6, 6.07) is 8.19. The molecule has 0 fully saturated rings. The van der Waals surface area contributed by atoms with E-state index in [-0.39, 0.29) is 0 Å². The van der Waals surface area contributed by atoms with E-state index in [9.17, 15) is 0 Å². The standard InChI is InChI=1S/C12H16BrCl/c1-3-11(12(13)4-2)9-5-7-10(14)8-6-9/h5-8,11-12H,3-4H2,1-2H3. The third-order valence-electron chi connectivity index (χ3n) is 2.56. The maximum absolute atomic E-state index is 5.86. The van der Waals surface area contributed by atoms with Crippen molar-refractivity contribution in [1.29, 1.82) is 0 Å². The van der Waals surface area contributed by atoms with Crippen molar-refractivity contribution in [2.45, 2.75) is 37.4 Å². The van der Waals surface area contributed by atoms with Gasteiger partial charge >= 0.3 is 0 Å².